The monoisotopic (exact) mass is 297 g/mol. The summed E-state index contributed by atoms with van der Waals surface area (Å²) >= 11 is 0. The van der Waals surface area contributed by atoms with Gasteiger partial charge >= 0.3 is 0 Å². The Hall–Kier alpha value is -2.16. The fourth-order valence-electron chi connectivity index (χ4n) is 2.92. The number of carbonyl (C=O) groups is 1. The van der Waals surface area contributed by atoms with E-state index in [1.165, 1.54) is 55.6 Å². The number of carbonyl (C=O) groups excluding carboxylic acids is 1. The van der Waals surface area contributed by atoms with Crippen LogP contribution in [0, 0.1) is 5.82 Å². The van der Waals surface area contributed by atoms with Gasteiger partial charge in [-0.3, -0.25) is 4.79 Å². The van der Waals surface area contributed by atoms with Gasteiger partial charge in [-0.1, -0.05) is 12.8 Å². The predicted molar refractivity (Wildman–Crippen MR) is 87.0 cm³/mol. The normalized spacial score (nSPS) is 15.4. The summed E-state index contributed by atoms with van der Waals surface area (Å²) in [6, 6.07) is 13.5. The van der Waals surface area contributed by atoms with Crippen LogP contribution >= 0.6 is 0 Å². The number of ketones is 1. The van der Waals surface area contributed by atoms with Crippen molar-refractivity contribution in [3.63, 3.8) is 0 Å². The fourth-order valence-corrected chi connectivity index (χ4v) is 2.92. The molecule has 1 aliphatic rings. The highest BCUT2D eigenvalue weighted by molar-refractivity contribution is 6.09. The van der Waals surface area contributed by atoms with Gasteiger partial charge in [0.05, 0.1) is 0 Å². The zero-order valence-corrected chi connectivity index (χ0v) is 12.6. The Balaban J connectivity index is 1.75. The molecule has 2 nitrogen and oxygen atoms in total. The first kappa shape index (κ1) is 14.8. The molecule has 0 aromatic heterocycles. The minimum absolute atomic E-state index is 0.0672. The smallest absolute Gasteiger partial charge is 0.193 e. The molecule has 1 aliphatic heterocycles. The minimum atomic E-state index is -0.326. The number of anilines is 1. The summed E-state index contributed by atoms with van der Waals surface area (Å²) in [5.41, 5.74) is 2.34. The van der Waals surface area contributed by atoms with E-state index in [1.54, 1.807) is 0 Å². The van der Waals surface area contributed by atoms with Crippen molar-refractivity contribution in [3.8, 4) is 0 Å². The van der Waals surface area contributed by atoms with E-state index in [-0.39, 0.29) is 11.6 Å². The third kappa shape index (κ3) is 3.35. The lowest BCUT2D eigenvalue weighted by Gasteiger charge is -2.22. The fraction of sp³-hybridized carbons (Fsp3) is 0.316. The number of halogens is 1. The molecular weight excluding hydrogens is 277 g/mol. The summed E-state index contributed by atoms with van der Waals surface area (Å²) in [7, 11) is 0. The maximum atomic E-state index is 12.9. The predicted octanol–water partition coefficient (Wildman–Crippen LogP) is 4.44. The number of benzene rings is 2. The Labute approximate surface area is 130 Å². The summed E-state index contributed by atoms with van der Waals surface area (Å²) in [5.74, 6) is -0.393. The van der Waals surface area contributed by atoms with Gasteiger partial charge in [-0.25, -0.2) is 4.39 Å². The van der Waals surface area contributed by atoms with Crippen LogP contribution in [0.4, 0.5) is 10.1 Å². The van der Waals surface area contributed by atoms with Crippen molar-refractivity contribution in [2.75, 3.05) is 18.0 Å². The van der Waals surface area contributed by atoms with Crippen molar-refractivity contribution in [2.45, 2.75) is 25.7 Å². The van der Waals surface area contributed by atoms with Crippen molar-refractivity contribution >= 4 is 11.5 Å². The summed E-state index contributed by atoms with van der Waals surface area (Å²) in [5, 5.41) is 0. The highest BCUT2D eigenvalue weighted by Crippen LogP contribution is 2.21. The van der Waals surface area contributed by atoms with Gasteiger partial charge in [0, 0.05) is 29.9 Å². The lowest BCUT2D eigenvalue weighted by Crippen LogP contribution is -2.23. The maximum Gasteiger partial charge on any atom is 0.193 e. The average Bonchev–Trinajstić information content (AvgIpc) is 2.84. The third-order valence-electron chi connectivity index (χ3n) is 4.21. The molecular formula is C19H20FNO. The van der Waals surface area contributed by atoms with Gasteiger partial charge < -0.3 is 4.90 Å². The standard InChI is InChI=1S/C19H20FNO/c20-17-9-5-15(6-10-17)19(22)16-7-11-18(12-8-16)21-13-3-1-2-4-14-21/h5-12H,1-4,13-14H2. The molecule has 0 spiro atoms. The molecule has 0 bridgehead atoms. The molecule has 0 aliphatic carbocycles. The molecule has 2 aromatic rings. The molecule has 1 saturated heterocycles. The second-order valence-corrected chi connectivity index (χ2v) is 5.78. The zero-order chi connectivity index (χ0) is 15.4. The lowest BCUT2D eigenvalue weighted by atomic mass is 10.0. The van der Waals surface area contributed by atoms with Gasteiger partial charge in [-0.05, 0) is 61.4 Å². The Bertz CT molecular complexity index is 625. The van der Waals surface area contributed by atoms with E-state index in [0.29, 0.717) is 11.1 Å². The van der Waals surface area contributed by atoms with Gasteiger partial charge in [0.2, 0.25) is 0 Å². The van der Waals surface area contributed by atoms with Gasteiger partial charge in [-0.2, -0.15) is 0 Å². The Morgan fingerprint density at radius 1 is 0.773 bits per heavy atom. The number of nitrogens with zero attached hydrogens (tertiary/aromatic N) is 1. The van der Waals surface area contributed by atoms with Crippen LogP contribution in [0.25, 0.3) is 0 Å². The lowest BCUT2D eigenvalue weighted by molar-refractivity contribution is 0.103. The second kappa shape index (κ2) is 6.73. The van der Waals surface area contributed by atoms with Crippen LogP contribution in [0.2, 0.25) is 0 Å². The van der Waals surface area contributed by atoms with E-state index in [2.05, 4.69) is 4.90 Å². The van der Waals surface area contributed by atoms with Crippen molar-refractivity contribution < 1.29 is 9.18 Å². The second-order valence-electron chi connectivity index (χ2n) is 5.78. The van der Waals surface area contributed by atoms with Crippen molar-refractivity contribution in [1.29, 1.82) is 0 Å². The summed E-state index contributed by atoms with van der Waals surface area (Å²) < 4.78 is 12.9. The summed E-state index contributed by atoms with van der Waals surface area (Å²) in [6.07, 6.45) is 5.07. The molecule has 0 saturated carbocycles. The highest BCUT2D eigenvalue weighted by Gasteiger charge is 2.12. The van der Waals surface area contributed by atoms with E-state index in [4.69, 9.17) is 0 Å². The molecule has 2 aromatic carbocycles. The van der Waals surface area contributed by atoms with E-state index >= 15 is 0 Å². The van der Waals surface area contributed by atoms with Gasteiger partial charge in [0.1, 0.15) is 5.82 Å². The number of hydrogen-bond acceptors (Lipinski definition) is 2. The SMILES string of the molecule is O=C(c1ccc(F)cc1)c1ccc(N2CCCCCC2)cc1. The molecule has 0 amide bonds. The number of hydrogen-bond donors (Lipinski definition) is 0. The molecule has 0 atom stereocenters. The molecule has 0 radical (unpaired) electrons. The van der Waals surface area contributed by atoms with E-state index in [9.17, 15) is 9.18 Å². The van der Waals surface area contributed by atoms with Crippen LogP contribution in [-0.2, 0) is 0 Å². The van der Waals surface area contributed by atoms with Crippen LogP contribution in [-0.4, -0.2) is 18.9 Å². The Morgan fingerprint density at radius 3 is 1.82 bits per heavy atom. The molecule has 1 heterocycles. The summed E-state index contributed by atoms with van der Waals surface area (Å²) in [4.78, 5) is 14.8. The zero-order valence-electron chi connectivity index (χ0n) is 12.6. The van der Waals surface area contributed by atoms with Crippen molar-refractivity contribution in [1.82, 2.24) is 0 Å². The topological polar surface area (TPSA) is 20.3 Å². The first-order valence-corrected chi connectivity index (χ1v) is 7.89. The minimum Gasteiger partial charge on any atom is -0.372 e. The van der Waals surface area contributed by atoms with Gasteiger partial charge in [0.25, 0.3) is 0 Å². The van der Waals surface area contributed by atoms with Gasteiger partial charge in [-0.15, -0.1) is 0 Å². The first-order valence-electron chi connectivity index (χ1n) is 7.89. The van der Waals surface area contributed by atoms with Gasteiger partial charge in [0.15, 0.2) is 5.78 Å². The molecule has 22 heavy (non-hydrogen) atoms. The molecule has 3 rings (SSSR count). The quantitative estimate of drug-likeness (QED) is 0.781. The average molecular weight is 297 g/mol. The molecule has 114 valence electrons. The van der Waals surface area contributed by atoms with Crippen molar-refractivity contribution in [2.24, 2.45) is 0 Å². The molecule has 1 fully saturated rings. The molecule has 0 N–H and O–H groups in total. The molecule has 3 heteroatoms. The van der Waals surface area contributed by atoms with E-state index < -0.39 is 0 Å². The van der Waals surface area contributed by atoms with Crippen LogP contribution in [0.15, 0.2) is 48.5 Å². The first-order chi connectivity index (χ1) is 10.7. The largest absolute Gasteiger partial charge is 0.372 e. The van der Waals surface area contributed by atoms with E-state index in [1.807, 2.05) is 24.3 Å². The maximum absolute atomic E-state index is 12.9. The van der Waals surface area contributed by atoms with Crippen LogP contribution in [0.1, 0.15) is 41.6 Å². The van der Waals surface area contributed by atoms with E-state index in [0.717, 1.165) is 13.1 Å². The highest BCUT2D eigenvalue weighted by atomic mass is 19.1. The van der Waals surface area contributed by atoms with Crippen LogP contribution in [0.5, 0.6) is 0 Å². The Morgan fingerprint density at radius 2 is 1.27 bits per heavy atom. The summed E-state index contributed by atoms with van der Waals surface area (Å²) in [6.45, 7) is 2.18. The van der Waals surface area contributed by atoms with Crippen molar-refractivity contribution in [3.05, 3.63) is 65.5 Å². The van der Waals surface area contributed by atoms with Crippen LogP contribution in [0.3, 0.4) is 0 Å². The van der Waals surface area contributed by atoms with Crippen LogP contribution < -0.4 is 4.90 Å². The Kier molecular flexibility index (Phi) is 4.52. The third-order valence-corrected chi connectivity index (χ3v) is 4.21. The number of rotatable bonds is 3. The molecule has 0 unspecified atom stereocenters.